The minimum absolute atomic E-state index is 0.197. The summed E-state index contributed by atoms with van der Waals surface area (Å²) in [6, 6.07) is 18.1. The minimum atomic E-state index is -0.500. The third-order valence-corrected chi connectivity index (χ3v) is 5.41. The first-order valence-electron chi connectivity index (χ1n) is 9.96. The summed E-state index contributed by atoms with van der Waals surface area (Å²) in [5.41, 5.74) is 1.25. The molecule has 0 spiro atoms. The first kappa shape index (κ1) is 21.0. The quantitative estimate of drug-likeness (QED) is 0.524. The van der Waals surface area contributed by atoms with Crippen molar-refractivity contribution < 1.29 is 9.53 Å². The van der Waals surface area contributed by atoms with Crippen molar-refractivity contribution in [1.29, 1.82) is 0 Å². The Kier molecular flexibility index (Phi) is 5.59. The van der Waals surface area contributed by atoms with Crippen LogP contribution in [0.3, 0.4) is 0 Å². The summed E-state index contributed by atoms with van der Waals surface area (Å²) in [5, 5.41) is 3.23. The van der Waals surface area contributed by atoms with Gasteiger partial charge in [0.25, 0.3) is 11.5 Å². The van der Waals surface area contributed by atoms with Crippen LogP contribution >= 0.6 is 0 Å². The molecule has 8 heteroatoms. The number of carbonyl (C=O) groups excluding carboxylic acids is 1. The second-order valence-electron chi connectivity index (χ2n) is 7.39. The van der Waals surface area contributed by atoms with Crippen molar-refractivity contribution in [1.82, 2.24) is 19.4 Å². The first-order chi connectivity index (χ1) is 15.4. The van der Waals surface area contributed by atoms with Crippen molar-refractivity contribution in [3.8, 4) is 5.75 Å². The number of hydrogen-bond donors (Lipinski definition) is 1. The van der Waals surface area contributed by atoms with Crippen LogP contribution in [0.2, 0.25) is 0 Å². The number of carbonyl (C=O) groups is 1. The Morgan fingerprint density at radius 3 is 2.28 bits per heavy atom. The number of ether oxygens (including phenoxy) is 1. The molecule has 162 valence electrons. The van der Waals surface area contributed by atoms with Crippen molar-refractivity contribution in [2.45, 2.75) is 6.04 Å². The van der Waals surface area contributed by atoms with Crippen molar-refractivity contribution in [2.24, 2.45) is 14.1 Å². The van der Waals surface area contributed by atoms with Crippen molar-refractivity contribution in [3.63, 3.8) is 0 Å². The number of fused-ring (bicyclic) bond motifs is 1. The Morgan fingerprint density at radius 1 is 0.969 bits per heavy atom. The van der Waals surface area contributed by atoms with E-state index in [1.54, 1.807) is 7.11 Å². The highest BCUT2D eigenvalue weighted by Gasteiger charge is 2.19. The van der Waals surface area contributed by atoms with Crippen molar-refractivity contribution >= 4 is 16.9 Å². The lowest BCUT2D eigenvalue weighted by Crippen LogP contribution is -2.37. The maximum Gasteiger partial charge on any atom is 0.332 e. The van der Waals surface area contributed by atoms with Gasteiger partial charge in [-0.25, -0.2) is 9.78 Å². The molecule has 4 rings (SSSR count). The average Bonchev–Trinajstić information content (AvgIpc) is 2.84. The SMILES string of the molecule is COc1ccc(C(NC(=O)c2cnc3c(c2)c(=O)n(C)c(=O)n3C)c2ccccc2)cc1. The van der Waals surface area contributed by atoms with E-state index in [0.29, 0.717) is 5.75 Å². The van der Waals surface area contributed by atoms with Gasteiger partial charge in [-0.05, 0) is 29.3 Å². The highest BCUT2D eigenvalue weighted by molar-refractivity contribution is 5.97. The molecule has 2 aromatic heterocycles. The van der Waals surface area contributed by atoms with Crippen LogP contribution in [0.5, 0.6) is 5.75 Å². The Hall–Kier alpha value is -4.20. The predicted octanol–water partition coefficient (Wildman–Crippen LogP) is 2.16. The Bertz CT molecular complexity index is 1410. The van der Waals surface area contributed by atoms with Gasteiger partial charge in [0, 0.05) is 20.3 Å². The molecule has 0 fully saturated rings. The van der Waals surface area contributed by atoms with Gasteiger partial charge < -0.3 is 10.1 Å². The lowest BCUT2D eigenvalue weighted by Gasteiger charge is -2.20. The van der Waals surface area contributed by atoms with Crippen LogP contribution in [-0.4, -0.2) is 27.1 Å². The summed E-state index contributed by atoms with van der Waals surface area (Å²) in [5.74, 6) is 0.326. The summed E-state index contributed by atoms with van der Waals surface area (Å²) in [7, 11) is 4.52. The molecule has 1 N–H and O–H groups in total. The van der Waals surface area contributed by atoms with E-state index < -0.39 is 17.3 Å². The molecular weight excluding hydrogens is 408 g/mol. The predicted molar refractivity (Wildman–Crippen MR) is 121 cm³/mol. The molecule has 1 atom stereocenters. The van der Waals surface area contributed by atoms with E-state index in [0.717, 1.165) is 15.7 Å². The fourth-order valence-electron chi connectivity index (χ4n) is 3.60. The van der Waals surface area contributed by atoms with Gasteiger partial charge in [0.1, 0.15) is 11.4 Å². The van der Waals surface area contributed by atoms with Gasteiger partial charge in [0.15, 0.2) is 0 Å². The Balaban J connectivity index is 1.74. The fourth-order valence-corrected chi connectivity index (χ4v) is 3.60. The lowest BCUT2D eigenvalue weighted by molar-refractivity contribution is 0.0942. The standard InChI is InChI=1S/C24H22N4O4/c1-27-21-19(23(30)28(2)24(27)31)13-17(14-25-21)22(29)26-20(15-7-5-4-6-8-15)16-9-11-18(32-3)12-10-16/h4-14,20H,1-3H3,(H,26,29). The molecule has 0 aliphatic rings. The number of benzene rings is 2. The van der Waals surface area contributed by atoms with E-state index in [1.807, 2.05) is 54.6 Å². The number of amides is 1. The number of rotatable bonds is 5. The van der Waals surface area contributed by atoms with Crippen LogP contribution < -0.4 is 21.3 Å². The van der Waals surface area contributed by atoms with Gasteiger partial charge in [-0.15, -0.1) is 0 Å². The fraction of sp³-hybridized carbons (Fsp3) is 0.167. The molecule has 1 unspecified atom stereocenters. The minimum Gasteiger partial charge on any atom is -0.497 e. The van der Waals surface area contributed by atoms with E-state index in [2.05, 4.69) is 10.3 Å². The zero-order valence-corrected chi connectivity index (χ0v) is 17.9. The molecule has 1 amide bonds. The van der Waals surface area contributed by atoms with E-state index in [1.165, 1.54) is 30.9 Å². The van der Waals surface area contributed by atoms with Crippen LogP contribution in [0.4, 0.5) is 0 Å². The zero-order valence-electron chi connectivity index (χ0n) is 17.9. The summed E-state index contributed by atoms with van der Waals surface area (Å²) in [6.07, 6.45) is 1.37. The number of hydrogen-bond acceptors (Lipinski definition) is 5. The lowest BCUT2D eigenvalue weighted by atomic mass is 9.98. The maximum absolute atomic E-state index is 13.2. The van der Waals surface area contributed by atoms with Crippen LogP contribution in [-0.2, 0) is 14.1 Å². The second-order valence-corrected chi connectivity index (χ2v) is 7.39. The van der Waals surface area contributed by atoms with Gasteiger partial charge in [-0.2, -0.15) is 0 Å². The molecule has 0 saturated heterocycles. The Morgan fingerprint density at radius 2 is 1.62 bits per heavy atom. The number of pyridine rings is 1. The van der Waals surface area contributed by atoms with Crippen LogP contribution in [0.1, 0.15) is 27.5 Å². The monoisotopic (exact) mass is 430 g/mol. The topological polar surface area (TPSA) is 95.2 Å². The Labute approximate surface area is 183 Å². The van der Waals surface area contributed by atoms with E-state index in [4.69, 9.17) is 4.74 Å². The third-order valence-electron chi connectivity index (χ3n) is 5.41. The number of nitrogens with zero attached hydrogens (tertiary/aromatic N) is 3. The van der Waals surface area contributed by atoms with Crippen LogP contribution in [0.25, 0.3) is 11.0 Å². The number of methoxy groups -OCH3 is 1. The maximum atomic E-state index is 13.2. The smallest absolute Gasteiger partial charge is 0.332 e. The molecule has 4 aromatic rings. The largest absolute Gasteiger partial charge is 0.497 e. The summed E-state index contributed by atoms with van der Waals surface area (Å²) in [4.78, 5) is 42.1. The number of aromatic nitrogens is 3. The molecule has 2 heterocycles. The van der Waals surface area contributed by atoms with Crippen LogP contribution in [0, 0.1) is 0 Å². The van der Waals surface area contributed by atoms with Crippen molar-refractivity contribution in [2.75, 3.05) is 7.11 Å². The first-order valence-corrected chi connectivity index (χ1v) is 9.96. The van der Waals surface area contributed by atoms with Crippen LogP contribution in [0.15, 0.2) is 76.4 Å². The zero-order chi connectivity index (χ0) is 22.8. The van der Waals surface area contributed by atoms with E-state index in [-0.39, 0.29) is 22.5 Å². The van der Waals surface area contributed by atoms with E-state index >= 15 is 0 Å². The summed E-state index contributed by atoms with van der Waals surface area (Å²) < 4.78 is 7.51. The summed E-state index contributed by atoms with van der Waals surface area (Å²) >= 11 is 0. The van der Waals surface area contributed by atoms with Gasteiger partial charge in [0.05, 0.1) is 24.1 Å². The number of nitrogens with one attached hydrogen (secondary N) is 1. The molecule has 0 aliphatic heterocycles. The molecular formula is C24H22N4O4. The van der Waals surface area contributed by atoms with Gasteiger partial charge in [0.2, 0.25) is 0 Å². The average molecular weight is 430 g/mol. The molecule has 0 bridgehead atoms. The van der Waals surface area contributed by atoms with E-state index in [9.17, 15) is 14.4 Å². The normalized spacial score (nSPS) is 11.8. The molecule has 8 nitrogen and oxygen atoms in total. The molecule has 32 heavy (non-hydrogen) atoms. The summed E-state index contributed by atoms with van der Waals surface area (Å²) in [6.45, 7) is 0. The molecule has 0 saturated carbocycles. The third kappa shape index (κ3) is 3.78. The number of aryl methyl sites for hydroxylation is 1. The molecule has 0 radical (unpaired) electrons. The van der Waals surface area contributed by atoms with Gasteiger partial charge in [-0.3, -0.25) is 18.7 Å². The van der Waals surface area contributed by atoms with Gasteiger partial charge in [-0.1, -0.05) is 42.5 Å². The van der Waals surface area contributed by atoms with Crippen molar-refractivity contribution in [3.05, 3.63) is 104 Å². The van der Waals surface area contributed by atoms with Gasteiger partial charge >= 0.3 is 5.69 Å². The highest BCUT2D eigenvalue weighted by Crippen LogP contribution is 2.24. The highest BCUT2D eigenvalue weighted by atomic mass is 16.5. The molecule has 0 aliphatic carbocycles. The molecule has 2 aromatic carbocycles. The second kappa shape index (κ2) is 8.50.